The molecule has 1 rings (SSSR count). The van der Waals surface area contributed by atoms with E-state index in [2.05, 4.69) is 70.4 Å². The van der Waals surface area contributed by atoms with Crippen molar-refractivity contribution >= 4 is 5.97 Å². The zero-order valence-electron chi connectivity index (χ0n) is 22.5. The highest BCUT2D eigenvalue weighted by Crippen LogP contribution is 2.10. The van der Waals surface area contributed by atoms with Gasteiger partial charge in [0.25, 0.3) is 0 Å². The first-order valence-corrected chi connectivity index (χ1v) is 13.7. The first kappa shape index (κ1) is 32.5. The summed E-state index contributed by atoms with van der Waals surface area (Å²) in [6.07, 6.45) is 27.0. The van der Waals surface area contributed by atoms with E-state index in [0.29, 0.717) is 19.4 Å². The van der Waals surface area contributed by atoms with Crippen LogP contribution in [0.15, 0.2) is 78.0 Å². The number of aliphatic carboxylic acids is 1. The van der Waals surface area contributed by atoms with Gasteiger partial charge in [0, 0.05) is 29.9 Å². The molecule has 6 heteroatoms. The van der Waals surface area contributed by atoms with E-state index >= 15 is 0 Å². The van der Waals surface area contributed by atoms with E-state index in [-0.39, 0.29) is 6.42 Å². The molecule has 0 spiro atoms. The number of carbonyl (C=O) groups is 1. The fourth-order valence-electron chi connectivity index (χ4n) is 3.60. The number of unbranched alkanes of at least 4 members (excludes halogenated alkanes) is 5. The van der Waals surface area contributed by atoms with Gasteiger partial charge in [-0.3, -0.25) is 4.79 Å². The summed E-state index contributed by atoms with van der Waals surface area (Å²) in [6, 6.07) is 8.56. The van der Waals surface area contributed by atoms with Gasteiger partial charge in [0.05, 0.1) is 6.10 Å². The van der Waals surface area contributed by atoms with Crippen molar-refractivity contribution in [2.45, 2.75) is 89.6 Å². The molecule has 0 bridgehead atoms. The summed E-state index contributed by atoms with van der Waals surface area (Å²) in [6.45, 7) is 0.550. The number of aryl methyl sites for hydroxylation is 1. The molecule has 204 valence electrons. The molecule has 0 radical (unpaired) electrons. The van der Waals surface area contributed by atoms with Gasteiger partial charge < -0.3 is 10.2 Å². The normalized spacial score (nSPS) is 12.2. The quantitative estimate of drug-likeness (QED) is 0.0346. The second kappa shape index (κ2) is 23.9. The maximum absolute atomic E-state index is 10.4. The number of aliphatic hydroxyl groups is 1. The van der Waals surface area contributed by atoms with Crippen molar-refractivity contribution in [3.8, 4) is 11.8 Å². The molecule has 0 aliphatic heterocycles. The Hall–Kier alpha value is -3.52. The minimum atomic E-state index is -0.826. The second-order valence-electron chi connectivity index (χ2n) is 9.09. The Balaban J connectivity index is 2.03. The molecule has 0 amide bonds. The highest BCUT2D eigenvalue weighted by molar-refractivity contribution is 5.66. The molecule has 38 heavy (non-hydrogen) atoms. The number of hydrogen-bond acceptors (Lipinski definition) is 3. The van der Waals surface area contributed by atoms with Crippen LogP contribution in [0, 0.1) is 11.8 Å². The monoisotopic (exact) mass is 517 g/mol. The van der Waals surface area contributed by atoms with Crippen molar-refractivity contribution in [3.63, 3.8) is 0 Å². The summed E-state index contributed by atoms with van der Waals surface area (Å²) in [4.78, 5) is 13.2. The molecule has 0 aromatic heterocycles. The zero-order valence-corrected chi connectivity index (χ0v) is 22.5. The molecule has 0 heterocycles. The first-order chi connectivity index (χ1) is 18.6. The van der Waals surface area contributed by atoms with Gasteiger partial charge in [0.2, 0.25) is 0 Å². The molecule has 2 N–H and O–H groups in total. The Morgan fingerprint density at radius 2 is 1.71 bits per heavy atom. The largest absolute Gasteiger partial charge is 0.481 e. The van der Waals surface area contributed by atoms with E-state index in [9.17, 15) is 9.90 Å². The number of allylic oxidation sites excluding steroid dienone is 7. The molecule has 0 saturated carbocycles. The summed E-state index contributed by atoms with van der Waals surface area (Å²) in [7, 11) is 0. The molecule has 0 fully saturated rings. The first-order valence-electron chi connectivity index (χ1n) is 13.7. The molecular weight excluding hydrogens is 474 g/mol. The summed E-state index contributed by atoms with van der Waals surface area (Å²) >= 11 is 0. The van der Waals surface area contributed by atoms with Crippen LogP contribution in [-0.2, 0) is 11.2 Å². The molecule has 0 saturated heterocycles. The van der Waals surface area contributed by atoms with Gasteiger partial charge in [-0.1, -0.05) is 84.1 Å². The lowest BCUT2D eigenvalue weighted by Crippen LogP contribution is -2.03. The fourth-order valence-corrected chi connectivity index (χ4v) is 3.60. The highest BCUT2D eigenvalue weighted by Gasteiger charge is 2.01. The van der Waals surface area contributed by atoms with E-state index < -0.39 is 12.1 Å². The average Bonchev–Trinajstić information content (AvgIpc) is 2.91. The van der Waals surface area contributed by atoms with Crippen LogP contribution < -0.4 is 0 Å². The lowest BCUT2D eigenvalue weighted by molar-refractivity contribution is -0.137. The lowest BCUT2D eigenvalue weighted by Gasteiger charge is -2.02. The lowest BCUT2D eigenvalue weighted by atomic mass is 10.0. The second-order valence-corrected chi connectivity index (χ2v) is 9.09. The zero-order chi connectivity index (χ0) is 27.5. The molecule has 0 unspecified atom stereocenters. The number of aliphatic hydroxyl groups excluding tert-OH is 1. The molecule has 0 aliphatic carbocycles. The number of hydrogen-bond donors (Lipinski definition) is 2. The van der Waals surface area contributed by atoms with Crippen molar-refractivity contribution < 1.29 is 15.0 Å². The number of nitrogens with zero attached hydrogens (tertiary/aromatic N) is 3. The van der Waals surface area contributed by atoms with Crippen LogP contribution in [0.4, 0.5) is 0 Å². The molecular formula is C32H43N3O3. The Morgan fingerprint density at radius 3 is 2.47 bits per heavy atom. The maximum Gasteiger partial charge on any atom is 0.303 e. The minimum absolute atomic E-state index is 0.0951. The summed E-state index contributed by atoms with van der Waals surface area (Å²) in [5.74, 6) is 5.56. The van der Waals surface area contributed by atoms with Crippen LogP contribution in [0.25, 0.3) is 10.4 Å². The van der Waals surface area contributed by atoms with Crippen LogP contribution in [0.5, 0.6) is 0 Å². The van der Waals surface area contributed by atoms with Crippen LogP contribution in [0.2, 0.25) is 0 Å². The summed E-state index contributed by atoms with van der Waals surface area (Å²) in [5.41, 5.74) is 10.7. The molecule has 6 nitrogen and oxygen atoms in total. The Morgan fingerprint density at radius 1 is 0.947 bits per heavy atom. The van der Waals surface area contributed by atoms with E-state index in [1.165, 1.54) is 24.8 Å². The van der Waals surface area contributed by atoms with Gasteiger partial charge in [0.15, 0.2) is 0 Å². The van der Waals surface area contributed by atoms with Crippen LogP contribution >= 0.6 is 0 Å². The maximum atomic E-state index is 10.4. The van der Waals surface area contributed by atoms with Gasteiger partial charge >= 0.3 is 5.97 Å². The minimum Gasteiger partial charge on any atom is -0.481 e. The van der Waals surface area contributed by atoms with Gasteiger partial charge in [-0.2, -0.15) is 0 Å². The third-order valence-corrected chi connectivity index (χ3v) is 5.74. The summed E-state index contributed by atoms with van der Waals surface area (Å²) in [5, 5.41) is 21.8. The smallest absolute Gasteiger partial charge is 0.303 e. The highest BCUT2D eigenvalue weighted by atomic mass is 16.4. The Labute approximate surface area is 228 Å². The summed E-state index contributed by atoms with van der Waals surface area (Å²) < 4.78 is 0. The van der Waals surface area contributed by atoms with Gasteiger partial charge in [-0.15, -0.1) is 0 Å². The molecule has 0 aliphatic rings. The van der Waals surface area contributed by atoms with Gasteiger partial charge in [-0.05, 0) is 87.4 Å². The van der Waals surface area contributed by atoms with Crippen LogP contribution in [-0.4, -0.2) is 28.8 Å². The molecule has 1 atom stereocenters. The van der Waals surface area contributed by atoms with Gasteiger partial charge in [-0.25, -0.2) is 0 Å². The topological polar surface area (TPSA) is 106 Å². The third-order valence-electron chi connectivity index (χ3n) is 5.74. The van der Waals surface area contributed by atoms with Crippen LogP contribution in [0.1, 0.15) is 88.2 Å². The Kier molecular flexibility index (Phi) is 20.4. The predicted molar refractivity (Wildman–Crippen MR) is 157 cm³/mol. The van der Waals surface area contributed by atoms with Crippen molar-refractivity contribution in [2.75, 3.05) is 6.54 Å². The van der Waals surface area contributed by atoms with E-state index in [0.717, 1.165) is 50.5 Å². The van der Waals surface area contributed by atoms with Crippen molar-refractivity contribution in [1.82, 2.24) is 0 Å². The number of benzene rings is 1. The van der Waals surface area contributed by atoms with E-state index in [1.807, 2.05) is 18.2 Å². The number of carboxylic acids is 1. The standard InChI is InChI=1S/C32H43N3O3/c33-35-34-28-17-13-12-15-20-30-26-24-29(25-27-30)19-14-10-8-6-4-2-1-3-5-7-9-11-16-21-31(36)22-18-23-32(37)38/h2-5,9,11,16,21,24-27,31,36H,1,6-8,10,12-14,17-19,22-23,28H2,(H,37,38)/b4-2-,5-3-,11-9-,21-16+/t31-/m1/s1. The van der Waals surface area contributed by atoms with Crippen molar-refractivity contribution in [1.29, 1.82) is 0 Å². The fraction of sp³-hybridized carbons (Fsp3) is 0.469. The third kappa shape index (κ3) is 20.7. The van der Waals surface area contributed by atoms with E-state index in [4.69, 9.17) is 10.6 Å². The predicted octanol–water partition coefficient (Wildman–Crippen LogP) is 8.24. The van der Waals surface area contributed by atoms with Crippen LogP contribution in [0.3, 0.4) is 0 Å². The van der Waals surface area contributed by atoms with Crippen molar-refractivity contribution in [3.05, 3.63) is 94.4 Å². The Bertz CT molecular complexity index is 991. The molecule has 1 aromatic carbocycles. The number of rotatable bonds is 20. The number of carboxylic acid groups (broad SMARTS) is 1. The number of azide groups is 1. The average molecular weight is 518 g/mol. The van der Waals surface area contributed by atoms with Crippen molar-refractivity contribution in [2.24, 2.45) is 5.11 Å². The van der Waals surface area contributed by atoms with Gasteiger partial charge in [0.1, 0.15) is 0 Å². The van der Waals surface area contributed by atoms with E-state index in [1.54, 1.807) is 6.08 Å². The SMILES string of the molecule is [N-]=[N+]=NCCCCC#Cc1ccc(CCCCC/C=C\C/C=C\C/C=C\C=C\[C@@H](O)CCCC(=O)O)cc1. The molecule has 1 aromatic rings.